The van der Waals surface area contributed by atoms with Crippen LogP contribution in [0.2, 0.25) is 0 Å². The van der Waals surface area contributed by atoms with Crippen LogP contribution in [-0.4, -0.2) is 13.2 Å². The van der Waals surface area contributed by atoms with Gasteiger partial charge in [-0.1, -0.05) is 37.3 Å². The lowest BCUT2D eigenvalue weighted by Crippen LogP contribution is -2.07. The van der Waals surface area contributed by atoms with Gasteiger partial charge in [-0.25, -0.2) is 0 Å². The summed E-state index contributed by atoms with van der Waals surface area (Å²) >= 11 is 0. The first-order valence-corrected chi connectivity index (χ1v) is 6.89. The summed E-state index contributed by atoms with van der Waals surface area (Å²) in [6, 6.07) is 18.5. The van der Waals surface area contributed by atoms with Gasteiger partial charge < -0.3 is 10.1 Å². The second-order valence-corrected chi connectivity index (χ2v) is 4.50. The lowest BCUT2D eigenvalue weighted by molar-refractivity contribution is 0.315. The molecule has 2 nitrogen and oxygen atoms in total. The van der Waals surface area contributed by atoms with Crippen LogP contribution in [0.25, 0.3) is 0 Å². The van der Waals surface area contributed by atoms with E-state index in [1.165, 1.54) is 11.3 Å². The number of nitrogens with one attached hydrogen (secondary N) is 1. The lowest BCUT2D eigenvalue weighted by atomic mass is 10.1. The van der Waals surface area contributed by atoms with Gasteiger partial charge in [-0.15, -0.1) is 0 Å². The Kier molecular flexibility index (Phi) is 5.30. The lowest BCUT2D eigenvalue weighted by Gasteiger charge is -2.09. The SMILES string of the molecule is CCc1cccc(NCCCOc2ccccc2)c1. The fourth-order valence-corrected chi connectivity index (χ4v) is 1.91. The van der Waals surface area contributed by atoms with E-state index in [2.05, 4.69) is 36.5 Å². The van der Waals surface area contributed by atoms with Crippen LogP contribution in [-0.2, 0) is 6.42 Å². The zero-order valence-corrected chi connectivity index (χ0v) is 11.4. The number of para-hydroxylation sites is 1. The van der Waals surface area contributed by atoms with Crippen molar-refractivity contribution in [3.8, 4) is 5.75 Å². The zero-order chi connectivity index (χ0) is 13.3. The van der Waals surface area contributed by atoms with E-state index in [1.54, 1.807) is 0 Å². The molecule has 0 bridgehead atoms. The van der Waals surface area contributed by atoms with Crippen molar-refractivity contribution in [3.63, 3.8) is 0 Å². The predicted molar refractivity (Wildman–Crippen MR) is 80.9 cm³/mol. The van der Waals surface area contributed by atoms with E-state index >= 15 is 0 Å². The summed E-state index contributed by atoms with van der Waals surface area (Å²) in [5.41, 5.74) is 2.56. The van der Waals surface area contributed by atoms with Crippen LogP contribution in [0.3, 0.4) is 0 Å². The molecule has 2 heteroatoms. The van der Waals surface area contributed by atoms with Crippen molar-refractivity contribution in [3.05, 3.63) is 60.2 Å². The highest BCUT2D eigenvalue weighted by Crippen LogP contribution is 2.11. The van der Waals surface area contributed by atoms with Crippen LogP contribution in [0.4, 0.5) is 5.69 Å². The molecule has 2 rings (SSSR count). The maximum atomic E-state index is 5.65. The number of benzene rings is 2. The standard InChI is InChI=1S/C17H21NO/c1-2-15-8-6-9-16(14-15)18-12-7-13-19-17-10-4-3-5-11-17/h3-6,8-11,14,18H,2,7,12-13H2,1H3. The molecule has 0 fully saturated rings. The van der Waals surface area contributed by atoms with Crippen molar-refractivity contribution in [2.75, 3.05) is 18.5 Å². The van der Waals surface area contributed by atoms with Gasteiger partial charge in [-0.2, -0.15) is 0 Å². The van der Waals surface area contributed by atoms with Gasteiger partial charge in [-0.05, 0) is 42.7 Å². The van der Waals surface area contributed by atoms with Crippen LogP contribution < -0.4 is 10.1 Å². The van der Waals surface area contributed by atoms with E-state index in [0.717, 1.165) is 31.7 Å². The third-order valence-corrected chi connectivity index (χ3v) is 3.00. The minimum absolute atomic E-state index is 0.741. The number of rotatable bonds is 7. The van der Waals surface area contributed by atoms with Crippen molar-refractivity contribution in [2.24, 2.45) is 0 Å². The maximum absolute atomic E-state index is 5.65. The molecule has 2 aromatic rings. The Morgan fingerprint density at radius 2 is 1.84 bits per heavy atom. The van der Waals surface area contributed by atoms with Crippen LogP contribution in [0.1, 0.15) is 18.9 Å². The first-order valence-electron chi connectivity index (χ1n) is 6.89. The van der Waals surface area contributed by atoms with Gasteiger partial charge in [0.05, 0.1) is 6.61 Å². The molecule has 0 saturated carbocycles. The van der Waals surface area contributed by atoms with E-state index in [0.29, 0.717) is 0 Å². The smallest absolute Gasteiger partial charge is 0.119 e. The van der Waals surface area contributed by atoms with E-state index in [4.69, 9.17) is 4.74 Å². The van der Waals surface area contributed by atoms with Gasteiger partial charge in [-0.3, -0.25) is 0 Å². The van der Waals surface area contributed by atoms with Gasteiger partial charge in [0.25, 0.3) is 0 Å². The Morgan fingerprint density at radius 1 is 1.00 bits per heavy atom. The Balaban J connectivity index is 1.66. The molecular weight excluding hydrogens is 234 g/mol. The Labute approximate surface area is 115 Å². The topological polar surface area (TPSA) is 21.3 Å². The molecule has 0 saturated heterocycles. The maximum Gasteiger partial charge on any atom is 0.119 e. The minimum Gasteiger partial charge on any atom is -0.494 e. The van der Waals surface area contributed by atoms with Gasteiger partial charge in [0.2, 0.25) is 0 Å². The number of hydrogen-bond donors (Lipinski definition) is 1. The average molecular weight is 255 g/mol. The van der Waals surface area contributed by atoms with Gasteiger partial charge in [0.1, 0.15) is 5.75 Å². The van der Waals surface area contributed by atoms with Crippen LogP contribution >= 0.6 is 0 Å². The third-order valence-electron chi connectivity index (χ3n) is 3.00. The summed E-state index contributed by atoms with van der Waals surface area (Å²) in [5.74, 6) is 0.940. The molecule has 2 aromatic carbocycles. The van der Waals surface area contributed by atoms with Crippen molar-refractivity contribution in [1.82, 2.24) is 0 Å². The average Bonchev–Trinajstić information content (AvgIpc) is 2.48. The van der Waals surface area contributed by atoms with E-state index < -0.39 is 0 Å². The first-order chi connectivity index (χ1) is 9.38. The number of aryl methyl sites for hydroxylation is 1. The molecule has 0 atom stereocenters. The Bertz CT molecular complexity index is 482. The fraction of sp³-hybridized carbons (Fsp3) is 0.294. The van der Waals surface area contributed by atoms with Crippen LogP contribution in [0.15, 0.2) is 54.6 Å². The summed E-state index contributed by atoms with van der Waals surface area (Å²) < 4.78 is 5.65. The Morgan fingerprint density at radius 3 is 2.63 bits per heavy atom. The summed E-state index contributed by atoms with van der Waals surface area (Å²) in [7, 11) is 0. The summed E-state index contributed by atoms with van der Waals surface area (Å²) in [6.45, 7) is 3.84. The summed E-state index contributed by atoms with van der Waals surface area (Å²) in [4.78, 5) is 0. The predicted octanol–water partition coefficient (Wildman–Crippen LogP) is 4.13. The van der Waals surface area contributed by atoms with Crippen molar-refractivity contribution >= 4 is 5.69 Å². The zero-order valence-electron chi connectivity index (χ0n) is 11.4. The fourth-order valence-electron chi connectivity index (χ4n) is 1.91. The number of hydrogen-bond acceptors (Lipinski definition) is 2. The largest absolute Gasteiger partial charge is 0.494 e. The normalized spacial score (nSPS) is 10.2. The highest BCUT2D eigenvalue weighted by Gasteiger charge is 1.95. The van der Waals surface area contributed by atoms with E-state index in [9.17, 15) is 0 Å². The molecule has 0 aromatic heterocycles. The molecule has 0 aliphatic rings. The molecule has 0 amide bonds. The molecule has 0 heterocycles. The molecule has 1 N–H and O–H groups in total. The molecular formula is C17H21NO. The molecule has 0 spiro atoms. The van der Waals surface area contributed by atoms with Crippen LogP contribution in [0.5, 0.6) is 5.75 Å². The van der Waals surface area contributed by atoms with Gasteiger partial charge >= 0.3 is 0 Å². The van der Waals surface area contributed by atoms with E-state index in [-0.39, 0.29) is 0 Å². The van der Waals surface area contributed by atoms with Crippen molar-refractivity contribution < 1.29 is 4.74 Å². The Hall–Kier alpha value is -1.96. The number of anilines is 1. The van der Waals surface area contributed by atoms with E-state index in [1.807, 2.05) is 30.3 Å². The molecule has 100 valence electrons. The summed E-state index contributed by atoms with van der Waals surface area (Å²) in [6.07, 6.45) is 2.07. The van der Waals surface area contributed by atoms with Crippen molar-refractivity contribution in [1.29, 1.82) is 0 Å². The minimum atomic E-state index is 0.741. The van der Waals surface area contributed by atoms with Crippen LogP contribution in [0, 0.1) is 0 Å². The van der Waals surface area contributed by atoms with Crippen molar-refractivity contribution in [2.45, 2.75) is 19.8 Å². The quantitative estimate of drug-likeness (QED) is 0.751. The highest BCUT2D eigenvalue weighted by molar-refractivity contribution is 5.45. The number of ether oxygens (including phenoxy) is 1. The second-order valence-electron chi connectivity index (χ2n) is 4.50. The first kappa shape index (κ1) is 13.5. The molecule has 0 aliphatic heterocycles. The molecule has 19 heavy (non-hydrogen) atoms. The summed E-state index contributed by atoms with van der Waals surface area (Å²) in [5, 5.41) is 3.43. The second kappa shape index (κ2) is 7.47. The molecule has 0 radical (unpaired) electrons. The van der Waals surface area contributed by atoms with Gasteiger partial charge in [0, 0.05) is 12.2 Å². The molecule has 0 aliphatic carbocycles. The van der Waals surface area contributed by atoms with Gasteiger partial charge in [0.15, 0.2) is 0 Å². The molecule has 0 unspecified atom stereocenters. The highest BCUT2D eigenvalue weighted by atomic mass is 16.5. The third kappa shape index (κ3) is 4.66. The monoisotopic (exact) mass is 255 g/mol.